The third-order valence-electron chi connectivity index (χ3n) is 2.65. The van der Waals surface area contributed by atoms with Crippen LogP contribution in [0.15, 0.2) is 0 Å². The van der Waals surface area contributed by atoms with Gasteiger partial charge in [-0.25, -0.2) is 0 Å². The Labute approximate surface area is 94.9 Å². The summed E-state index contributed by atoms with van der Waals surface area (Å²) in [5, 5.41) is 0. The van der Waals surface area contributed by atoms with Gasteiger partial charge in [-0.3, -0.25) is 9.59 Å². The summed E-state index contributed by atoms with van der Waals surface area (Å²) < 4.78 is 5.30. The van der Waals surface area contributed by atoms with Gasteiger partial charge in [-0.05, 0) is 13.8 Å². The van der Waals surface area contributed by atoms with Gasteiger partial charge < -0.3 is 21.1 Å². The zero-order valence-electron chi connectivity index (χ0n) is 9.73. The van der Waals surface area contributed by atoms with E-state index in [1.54, 1.807) is 4.90 Å². The van der Waals surface area contributed by atoms with Crippen LogP contribution >= 0.6 is 0 Å². The number of hydrogen-bond acceptors (Lipinski definition) is 4. The van der Waals surface area contributed by atoms with Crippen LogP contribution < -0.4 is 11.5 Å². The molecule has 0 aromatic carbocycles. The maximum absolute atomic E-state index is 12.0. The summed E-state index contributed by atoms with van der Waals surface area (Å²) in [6, 6.07) is -0.852. The zero-order valence-corrected chi connectivity index (χ0v) is 9.73. The highest BCUT2D eigenvalue weighted by molar-refractivity contribution is 5.88. The van der Waals surface area contributed by atoms with Gasteiger partial charge >= 0.3 is 0 Å². The highest BCUT2D eigenvalue weighted by Gasteiger charge is 2.36. The first-order valence-corrected chi connectivity index (χ1v) is 5.28. The van der Waals surface area contributed by atoms with Crippen molar-refractivity contribution >= 4 is 11.8 Å². The predicted octanol–water partition coefficient (Wildman–Crippen LogP) is -1.17. The van der Waals surface area contributed by atoms with Crippen molar-refractivity contribution in [3.05, 3.63) is 0 Å². The van der Waals surface area contributed by atoms with Gasteiger partial charge in [-0.15, -0.1) is 0 Å². The Kier molecular flexibility index (Phi) is 3.88. The largest absolute Gasteiger partial charge is 0.377 e. The molecule has 16 heavy (non-hydrogen) atoms. The van der Waals surface area contributed by atoms with E-state index in [-0.39, 0.29) is 17.9 Å². The van der Waals surface area contributed by atoms with Crippen LogP contribution in [0, 0.1) is 0 Å². The number of primary amides is 1. The number of amides is 2. The lowest BCUT2D eigenvalue weighted by Crippen LogP contribution is -2.59. The van der Waals surface area contributed by atoms with Crippen LogP contribution in [-0.4, -0.2) is 48.1 Å². The van der Waals surface area contributed by atoms with Gasteiger partial charge in [0.2, 0.25) is 11.8 Å². The summed E-state index contributed by atoms with van der Waals surface area (Å²) in [4.78, 5) is 24.3. The average Bonchev–Trinajstić information content (AvgIpc) is 2.15. The molecule has 0 aromatic rings. The Morgan fingerprint density at radius 2 is 2.12 bits per heavy atom. The molecule has 6 nitrogen and oxygen atoms in total. The SMILES string of the molecule is CC1(C)COCCN1C(=O)C(N)CC(N)=O. The summed E-state index contributed by atoms with van der Waals surface area (Å²) in [7, 11) is 0. The van der Waals surface area contributed by atoms with Crippen molar-refractivity contribution in [2.75, 3.05) is 19.8 Å². The Bertz CT molecular complexity index is 291. The molecule has 2 amide bonds. The number of nitrogens with two attached hydrogens (primary N) is 2. The average molecular weight is 229 g/mol. The fourth-order valence-electron chi connectivity index (χ4n) is 1.77. The molecule has 0 aromatic heterocycles. The minimum atomic E-state index is -0.852. The van der Waals surface area contributed by atoms with Gasteiger partial charge in [-0.2, -0.15) is 0 Å². The second kappa shape index (κ2) is 4.80. The molecule has 1 rings (SSSR count). The predicted molar refractivity (Wildman–Crippen MR) is 58.4 cm³/mol. The third-order valence-corrected chi connectivity index (χ3v) is 2.65. The zero-order chi connectivity index (χ0) is 12.3. The molecule has 1 heterocycles. The molecular weight excluding hydrogens is 210 g/mol. The van der Waals surface area contributed by atoms with Crippen molar-refractivity contribution < 1.29 is 14.3 Å². The lowest BCUT2D eigenvalue weighted by atomic mass is 10.0. The van der Waals surface area contributed by atoms with E-state index in [1.807, 2.05) is 13.8 Å². The molecule has 0 bridgehead atoms. The lowest BCUT2D eigenvalue weighted by molar-refractivity contribution is -0.148. The van der Waals surface area contributed by atoms with Gasteiger partial charge in [0.15, 0.2) is 0 Å². The summed E-state index contributed by atoms with van der Waals surface area (Å²) >= 11 is 0. The van der Waals surface area contributed by atoms with Gasteiger partial charge in [-0.1, -0.05) is 0 Å². The Morgan fingerprint density at radius 3 is 2.62 bits per heavy atom. The molecule has 1 aliphatic rings. The molecule has 0 spiro atoms. The van der Waals surface area contributed by atoms with Crippen LogP contribution in [0.5, 0.6) is 0 Å². The lowest BCUT2D eigenvalue weighted by Gasteiger charge is -2.43. The minimum absolute atomic E-state index is 0.119. The number of rotatable bonds is 3. The highest BCUT2D eigenvalue weighted by Crippen LogP contribution is 2.19. The van der Waals surface area contributed by atoms with Gasteiger partial charge in [0.25, 0.3) is 0 Å². The molecule has 92 valence electrons. The molecule has 4 N–H and O–H groups in total. The highest BCUT2D eigenvalue weighted by atomic mass is 16.5. The monoisotopic (exact) mass is 229 g/mol. The second-order valence-corrected chi connectivity index (χ2v) is 4.63. The van der Waals surface area contributed by atoms with Crippen molar-refractivity contribution in [2.45, 2.75) is 31.8 Å². The van der Waals surface area contributed by atoms with E-state index < -0.39 is 11.9 Å². The first-order valence-electron chi connectivity index (χ1n) is 5.28. The van der Waals surface area contributed by atoms with E-state index in [4.69, 9.17) is 16.2 Å². The van der Waals surface area contributed by atoms with Crippen LogP contribution in [0.4, 0.5) is 0 Å². The van der Waals surface area contributed by atoms with E-state index in [2.05, 4.69) is 0 Å². The van der Waals surface area contributed by atoms with Crippen LogP contribution in [0.25, 0.3) is 0 Å². The molecule has 1 unspecified atom stereocenters. The summed E-state index contributed by atoms with van der Waals surface area (Å²) in [6.45, 7) is 5.28. The summed E-state index contributed by atoms with van der Waals surface area (Å²) in [5.74, 6) is -0.806. The van der Waals surface area contributed by atoms with Gasteiger partial charge in [0.1, 0.15) is 0 Å². The number of ether oxygens (including phenoxy) is 1. The normalized spacial score (nSPS) is 21.6. The molecule has 0 saturated carbocycles. The number of carbonyl (C=O) groups excluding carboxylic acids is 2. The minimum Gasteiger partial charge on any atom is -0.377 e. The van der Waals surface area contributed by atoms with Gasteiger partial charge in [0, 0.05) is 6.54 Å². The Hall–Kier alpha value is -1.14. The van der Waals surface area contributed by atoms with E-state index in [0.29, 0.717) is 19.8 Å². The summed E-state index contributed by atoms with van der Waals surface area (Å²) in [6.07, 6.45) is -0.119. The van der Waals surface area contributed by atoms with Crippen molar-refractivity contribution in [3.63, 3.8) is 0 Å². The van der Waals surface area contributed by atoms with E-state index in [9.17, 15) is 9.59 Å². The fourth-order valence-corrected chi connectivity index (χ4v) is 1.77. The molecular formula is C10H19N3O3. The van der Waals surface area contributed by atoms with Crippen molar-refractivity contribution in [2.24, 2.45) is 11.5 Å². The van der Waals surface area contributed by atoms with Crippen molar-refractivity contribution in [1.82, 2.24) is 4.90 Å². The number of nitrogens with zero attached hydrogens (tertiary/aromatic N) is 1. The van der Waals surface area contributed by atoms with E-state index >= 15 is 0 Å². The summed E-state index contributed by atoms with van der Waals surface area (Å²) in [5.41, 5.74) is 10.3. The third kappa shape index (κ3) is 2.93. The number of morpholine rings is 1. The quantitative estimate of drug-likeness (QED) is 0.636. The van der Waals surface area contributed by atoms with Crippen LogP contribution in [0.3, 0.4) is 0 Å². The molecule has 6 heteroatoms. The van der Waals surface area contributed by atoms with Crippen LogP contribution in [-0.2, 0) is 14.3 Å². The molecule has 0 radical (unpaired) electrons. The Balaban J connectivity index is 2.68. The fraction of sp³-hybridized carbons (Fsp3) is 0.800. The Morgan fingerprint density at radius 1 is 1.50 bits per heavy atom. The smallest absolute Gasteiger partial charge is 0.240 e. The van der Waals surface area contributed by atoms with E-state index in [0.717, 1.165) is 0 Å². The molecule has 1 aliphatic heterocycles. The maximum Gasteiger partial charge on any atom is 0.240 e. The van der Waals surface area contributed by atoms with E-state index in [1.165, 1.54) is 0 Å². The van der Waals surface area contributed by atoms with Crippen molar-refractivity contribution in [1.29, 1.82) is 0 Å². The first kappa shape index (κ1) is 12.9. The topological polar surface area (TPSA) is 98.7 Å². The van der Waals surface area contributed by atoms with Crippen LogP contribution in [0.1, 0.15) is 20.3 Å². The van der Waals surface area contributed by atoms with Crippen LogP contribution in [0.2, 0.25) is 0 Å². The molecule has 1 fully saturated rings. The van der Waals surface area contributed by atoms with Crippen molar-refractivity contribution in [3.8, 4) is 0 Å². The maximum atomic E-state index is 12.0. The standard InChI is InChI=1S/C10H19N3O3/c1-10(2)6-16-4-3-13(10)9(15)7(11)5-8(12)14/h7H,3-6,11H2,1-2H3,(H2,12,14). The molecule has 0 aliphatic carbocycles. The van der Waals surface area contributed by atoms with Gasteiger partial charge in [0.05, 0.1) is 31.2 Å². The number of carbonyl (C=O) groups is 2. The molecule has 1 saturated heterocycles. The molecule has 1 atom stereocenters. The second-order valence-electron chi connectivity index (χ2n) is 4.63. The first-order chi connectivity index (χ1) is 7.34. The number of hydrogen-bond donors (Lipinski definition) is 2.